The standard InChI is InChI=1S/C12H19FN2O3S/c1-3-6-12(2,16)8-15-19(17,18)11-7-9(13)4-5-10(11)14/h4-5,7,15-16H,3,6,8,14H2,1-2H3. The van der Waals surface area contributed by atoms with E-state index in [1.807, 2.05) is 6.92 Å². The highest BCUT2D eigenvalue weighted by Crippen LogP contribution is 2.20. The summed E-state index contributed by atoms with van der Waals surface area (Å²) in [5.74, 6) is -0.685. The molecule has 0 radical (unpaired) electrons. The Balaban J connectivity index is 2.90. The fraction of sp³-hybridized carbons (Fsp3) is 0.500. The van der Waals surface area contributed by atoms with Crippen molar-refractivity contribution in [3.8, 4) is 0 Å². The summed E-state index contributed by atoms with van der Waals surface area (Å²) in [4.78, 5) is -0.320. The summed E-state index contributed by atoms with van der Waals surface area (Å²) in [5.41, 5.74) is 4.34. The molecule has 0 bridgehead atoms. The fourth-order valence-electron chi connectivity index (χ4n) is 1.70. The van der Waals surface area contributed by atoms with Crippen LogP contribution >= 0.6 is 0 Å². The minimum Gasteiger partial charge on any atom is -0.398 e. The number of nitrogens with one attached hydrogen (secondary N) is 1. The van der Waals surface area contributed by atoms with Crippen LogP contribution in [0.3, 0.4) is 0 Å². The number of nitrogens with two attached hydrogens (primary N) is 1. The van der Waals surface area contributed by atoms with Crippen LogP contribution in [-0.2, 0) is 10.0 Å². The number of benzene rings is 1. The predicted octanol–water partition coefficient (Wildman–Crippen LogP) is 1.24. The molecule has 0 aliphatic rings. The molecule has 4 N–H and O–H groups in total. The fourth-order valence-corrected chi connectivity index (χ4v) is 3.00. The van der Waals surface area contributed by atoms with Crippen molar-refractivity contribution < 1.29 is 17.9 Å². The zero-order valence-electron chi connectivity index (χ0n) is 11.0. The lowest BCUT2D eigenvalue weighted by Crippen LogP contribution is -2.40. The number of aliphatic hydroxyl groups is 1. The highest BCUT2D eigenvalue weighted by atomic mass is 32.2. The van der Waals surface area contributed by atoms with E-state index in [1.165, 1.54) is 13.0 Å². The first-order valence-electron chi connectivity index (χ1n) is 5.95. The van der Waals surface area contributed by atoms with Crippen molar-refractivity contribution in [3.63, 3.8) is 0 Å². The summed E-state index contributed by atoms with van der Waals surface area (Å²) in [6.45, 7) is 3.26. The van der Waals surface area contributed by atoms with Gasteiger partial charge in [0.25, 0.3) is 0 Å². The second kappa shape index (κ2) is 5.85. The van der Waals surface area contributed by atoms with Crippen molar-refractivity contribution >= 4 is 15.7 Å². The molecule has 1 aromatic carbocycles. The Morgan fingerprint density at radius 3 is 2.68 bits per heavy atom. The van der Waals surface area contributed by atoms with Crippen molar-refractivity contribution in [3.05, 3.63) is 24.0 Å². The lowest BCUT2D eigenvalue weighted by atomic mass is 10.0. The van der Waals surface area contributed by atoms with Gasteiger partial charge in [0.15, 0.2) is 0 Å². The molecule has 0 fully saturated rings. The third-order valence-electron chi connectivity index (χ3n) is 2.70. The van der Waals surface area contributed by atoms with E-state index in [9.17, 15) is 17.9 Å². The van der Waals surface area contributed by atoms with Gasteiger partial charge >= 0.3 is 0 Å². The monoisotopic (exact) mass is 290 g/mol. The summed E-state index contributed by atoms with van der Waals surface area (Å²) < 4.78 is 39.3. The topological polar surface area (TPSA) is 92.4 Å². The van der Waals surface area contributed by atoms with E-state index in [1.54, 1.807) is 0 Å². The molecule has 0 aliphatic carbocycles. The van der Waals surface area contributed by atoms with Gasteiger partial charge in [0.2, 0.25) is 10.0 Å². The Bertz CT molecular complexity index is 544. The molecule has 1 aromatic rings. The summed E-state index contributed by atoms with van der Waals surface area (Å²) >= 11 is 0. The van der Waals surface area contributed by atoms with Crippen LogP contribution in [-0.4, -0.2) is 25.7 Å². The lowest BCUT2D eigenvalue weighted by Gasteiger charge is -2.23. The Kier molecular flexibility index (Phi) is 4.89. The zero-order valence-corrected chi connectivity index (χ0v) is 11.8. The summed E-state index contributed by atoms with van der Waals surface area (Å²) in [5, 5.41) is 9.92. The van der Waals surface area contributed by atoms with Crippen LogP contribution in [0.25, 0.3) is 0 Å². The molecule has 1 unspecified atom stereocenters. The number of hydrogen-bond donors (Lipinski definition) is 3. The van der Waals surface area contributed by atoms with Gasteiger partial charge in [0, 0.05) is 6.54 Å². The van der Waals surface area contributed by atoms with E-state index in [2.05, 4.69) is 4.72 Å². The first kappa shape index (κ1) is 15.9. The van der Waals surface area contributed by atoms with Crippen molar-refractivity contribution in [1.82, 2.24) is 4.72 Å². The minimum atomic E-state index is -3.94. The van der Waals surface area contributed by atoms with Gasteiger partial charge in [-0.3, -0.25) is 0 Å². The molecule has 5 nitrogen and oxygen atoms in total. The molecule has 19 heavy (non-hydrogen) atoms. The maximum atomic E-state index is 13.1. The average Bonchev–Trinajstić information content (AvgIpc) is 2.30. The van der Waals surface area contributed by atoms with Gasteiger partial charge in [-0.25, -0.2) is 17.5 Å². The van der Waals surface area contributed by atoms with Crippen molar-refractivity contribution in [2.75, 3.05) is 12.3 Å². The molecule has 0 saturated carbocycles. The van der Waals surface area contributed by atoms with Gasteiger partial charge in [-0.2, -0.15) is 0 Å². The Labute approximate surface area is 112 Å². The van der Waals surface area contributed by atoms with Crippen LogP contribution < -0.4 is 10.5 Å². The van der Waals surface area contributed by atoms with Crippen LogP contribution in [0.2, 0.25) is 0 Å². The number of hydrogen-bond acceptors (Lipinski definition) is 4. The number of halogens is 1. The number of anilines is 1. The molecule has 1 rings (SSSR count). The predicted molar refractivity (Wildman–Crippen MR) is 71.5 cm³/mol. The Morgan fingerprint density at radius 1 is 1.47 bits per heavy atom. The van der Waals surface area contributed by atoms with E-state index in [0.717, 1.165) is 18.6 Å². The molecule has 0 aliphatic heterocycles. The van der Waals surface area contributed by atoms with E-state index < -0.39 is 21.4 Å². The second-order valence-corrected chi connectivity index (χ2v) is 6.49. The smallest absolute Gasteiger partial charge is 0.242 e. The van der Waals surface area contributed by atoms with E-state index in [0.29, 0.717) is 6.42 Å². The van der Waals surface area contributed by atoms with E-state index >= 15 is 0 Å². The largest absolute Gasteiger partial charge is 0.398 e. The van der Waals surface area contributed by atoms with Crippen LogP contribution in [0, 0.1) is 5.82 Å². The molecular formula is C12H19FN2O3S. The molecule has 0 saturated heterocycles. The number of rotatable bonds is 6. The van der Waals surface area contributed by atoms with Crippen molar-refractivity contribution in [1.29, 1.82) is 0 Å². The third-order valence-corrected chi connectivity index (χ3v) is 4.15. The molecule has 7 heteroatoms. The van der Waals surface area contributed by atoms with Gasteiger partial charge in [0.05, 0.1) is 11.3 Å². The normalized spacial score (nSPS) is 15.2. The van der Waals surface area contributed by atoms with Gasteiger partial charge < -0.3 is 10.8 Å². The summed E-state index contributed by atoms with van der Waals surface area (Å²) in [7, 11) is -3.94. The van der Waals surface area contributed by atoms with E-state index in [4.69, 9.17) is 5.73 Å². The second-order valence-electron chi connectivity index (χ2n) is 4.75. The third kappa shape index (κ3) is 4.45. The maximum absolute atomic E-state index is 13.1. The van der Waals surface area contributed by atoms with Crippen LogP contribution in [0.4, 0.5) is 10.1 Å². The van der Waals surface area contributed by atoms with Crippen LogP contribution in [0.1, 0.15) is 26.7 Å². The quantitative estimate of drug-likeness (QED) is 0.687. The molecule has 1 atom stereocenters. The van der Waals surface area contributed by atoms with Gasteiger partial charge in [-0.05, 0) is 31.5 Å². The van der Waals surface area contributed by atoms with Crippen molar-refractivity contribution in [2.24, 2.45) is 0 Å². The van der Waals surface area contributed by atoms with E-state index in [-0.39, 0.29) is 17.1 Å². The minimum absolute atomic E-state index is 0.0379. The van der Waals surface area contributed by atoms with Crippen LogP contribution in [0.5, 0.6) is 0 Å². The molecule has 0 aromatic heterocycles. The number of nitrogen functional groups attached to an aromatic ring is 1. The lowest BCUT2D eigenvalue weighted by molar-refractivity contribution is 0.0554. The first-order chi connectivity index (χ1) is 8.68. The summed E-state index contributed by atoms with van der Waals surface area (Å²) in [6.07, 6.45) is 1.17. The molecule has 108 valence electrons. The molecule has 0 amide bonds. The SMILES string of the molecule is CCCC(C)(O)CNS(=O)(=O)c1cc(F)ccc1N. The highest BCUT2D eigenvalue weighted by molar-refractivity contribution is 7.89. The van der Waals surface area contributed by atoms with Crippen molar-refractivity contribution in [2.45, 2.75) is 37.2 Å². The molecule has 0 heterocycles. The Hall–Kier alpha value is -1.18. The molecular weight excluding hydrogens is 271 g/mol. The average molecular weight is 290 g/mol. The maximum Gasteiger partial charge on any atom is 0.242 e. The first-order valence-corrected chi connectivity index (χ1v) is 7.43. The molecule has 0 spiro atoms. The van der Waals surface area contributed by atoms with Gasteiger partial charge in [-0.1, -0.05) is 13.3 Å². The van der Waals surface area contributed by atoms with Crippen LogP contribution in [0.15, 0.2) is 23.1 Å². The highest BCUT2D eigenvalue weighted by Gasteiger charge is 2.24. The van der Waals surface area contributed by atoms with Gasteiger partial charge in [0.1, 0.15) is 10.7 Å². The Morgan fingerprint density at radius 2 is 2.11 bits per heavy atom. The zero-order chi connectivity index (χ0) is 14.7. The van der Waals surface area contributed by atoms with Gasteiger partial charge in [-0.15, -0.1) is 0 Å². The number of sulfonamides is 1. The summed E-state index contributed by atoms with van der Waals surface area (Å²) in [6, 6.07) is 3.13.